The Bertz CT molecular complexity index is 374. The van der Waals surface area contributed by atoms with Crippen LogP contribution in [0.25, 0.3) is 0 Å². The lowest BCUT2D eigenvalue weighted by Crippen LogP contribution is -2.13. The predicted octanol–water partition coefficient (Wildman–Crippen LogP) is 1.68. The van der Waals surface area contributed by atoms with Crippen LogP contribution in [0, 0.1) is 11.3 Å². The Morgan fingerprint density at radius 2 is 2.38 bits per heavy atom. The fourth-order valence-corrected chi connectivity index (χ4v) is 1.56. The number of nitrogens with two attached hydrogens (primary N) is 1. The van der Waals surface area contributed by atoms with Crippen LogP contribution in [0.2, 0.25) is 0 Å². The fraction of sp³-hybridized carbons (Fsp3) is 0.500. The van der Waals surface area contributed by atoms with Crippen LogP contribution in [0.15, 0.2) is 18.3 Å². The first-order valence-electron chi connectivity index (χ1n) is 5.63. The molecule has 3 N–H and O–H groups in total. The highest BCUT2D eigenvalue weighted by atomic mass is 16.5. The van der Waals surface area contributed by atoms with Gasteiger partial charge in [-0.05, 0) is 30.0 Å². The summed E-state index contributed by atoms with van der Waals surface area (Å²) in [4.78, 5) is 4.00. The molecule has 0 saturated heterocycles. The Morgan fingerprint density at radius 3 is 3.06 bits per heavy atom. The molecule has 0 amide bonds. The van der Waals surface area contributed by atoms with Crippen molar-refractivity contribution < 1.29 is 4.74 Å². The van der Waals surface area contributed by atoms with E-state index < -0.39 is 0 Å². The number of hydrogen-bond acceptors (Lipinski definition) is 3. The highest BCUT2D eigenvalue weighted by Gasteiger charge is 2.20. The van der Waals surface area contributed by atoms with Gasteiger partial charge in [-0.15, -0.1) is 0 Å². The molecule has 1 aromatic heterocycles. The van der Waals surface area contributed by atoms with E-state index in [0.717, 1.165) is 18.1 Å². The van der Waals surface area contributed by atoms with Gasteiger partial charge in [0.25, 0.3) is 0 Å². The van der Waals surface area contributed by atoms with Gasteiger partial charge in [0, 0.05) is 12.8 Å². The van der Waals surface area contributed by atoms with Gasteiger partial charge in [-0.25, -0.2) is 0 Å². The molecule has 4 nitrogen and oxygen atoms in total. The highest BCUT2D eigenvalue weighted by molar-refractivity contribution is 5.93. The van der Waals surface area contributed by atoms with Gasteiger partial charge in [0.05, 0.1) is 6.61 Å². The molecule has 1 fully saturated rings. The van der Waals surface area contributed by atoms with Gasteiger partial charge in [-0.3, -0.25) is 10.4 Å². The molecule has 16 heavy (non-hydrogen) atoms. The maximum absolute atomic E-state index is 7.28. The van der Waals surface area contributed by atoms with Crippen molar-refractivity contribution in [2.24, 2.45) is 11.7 Å². The average Bonchev–Trinajstić information content (AvgIpc) is 3.09. The van der Waals surface area contributed by atoms with E-state index in [1.165, 1.54) is 19.3 Å². The molecule has 0 unspecified atom stereocenters. The van der Waals surface area contributed by atoms with Crippen LogP contribution in [-0.4, -0.2) is 17.4 Å². The topological polar surface area (TPSA) is 72.0 Å². The van der Waals surface area contributed by atoms with Crippen molar-refractivity contribution in [1.29, 1.82) is 5.41 Å². The van der Waals surface area contributed by atoms with E-state index >= 15 is 0 Å². The van der Waals surface area contributed by atoms with Crippen LogP contribution in [0.3, 0.4) is 0 Å². The Morgan fingerprint density at radius 1 is 1.56 bits per heavy atom. The van der Waals surface area contributed by atoms with Gasteiger partial charge < -0.3 is 10.5 Å². The standard InChI is InChI=1S/C12H17N3O/c13-12(14)11-7-10(3-5-15-11)8-16-6-4-9-1-2-9/h3,5,7,9H,1-2,4,6,8H2,(H3,13,14). The lowest BCUT2D eigenvalue weighted by atomic mass is 10.2. The monoisotopic (exact) mass is 219 g/mol. The quantitative estimate of drug-likeness (QED) is 0.434. The summed E-state index contributed by atoms with van der Waals surface area (Å²) in [6.07, 6.45) is 5.57. The summed E-state index contributed by atoms with van der Waals surface area (Å²) in [5.74, 6) is 0.907. The van der Waals surface area contributed by atoms with Gasteiger partial charge in [-0.1, -0.05) is 12.8 Å². The summed E-state index contributed by atoms with van der Waals surface area (Å²) in [5.41, 5.74) is 6.91. The van der Waals surface area contributed by atoms with E-state index in [2.05, 4.69) is 4.98 Å². The molecule has 4 heteroatoms. The normalized spacial score (nSPS) is 15.0. The number of nitrogen functional groups attached to an aromatic ring is 1. The summed E-state index contributed by atoms with van der Waals surface area (Å²) in [6, 6.07) is 3.70. The first-order chi connectivity index (χ1) is 7.75. The number of pyridine rings is 1. The summed E-state index contributed by atoms with van der Waals surface area (Å²) in [6.45, 7) is 1.40. The van der Waals surface area contributed by atoms with Crippen LogP contribution < -0.4 is 5.73 Å². The van der Waals surface area contributed by atoms with Crippen LogP contribution in [0.1, 0.15) is 30.5 Å². The minimum atomic E-state index is -0.000157. The summed E-state index contributed by atoms with van der Waals surface area (Å²) >= 11 is 0. The third-order valence-corrected chi connectivity index (χ3v) is 2.74. The number of hydrogen-bond donors (Lipinski definition) is 2. The van der Waals surface area contributed by atoms with Gasteiger partial charge in [0.2, 0.25) is 0 Å². The van der Waals surface area contributed by atoms with Gasteiger partial charge in [0.15, 0.2) is 0 Å². The van der Waals surface area contributed by atoms with Crippen LogP contribution in [0.4, 0.5) is 0 Å². The van der Waals surface area contributed by atoms with E-state index in [9.17, 15) is 0 Å². The number of rotatable bonds is 6. The summed E-state index contributed by atoms with van der Waals surface area (Å²) < 4.78 is 5.57. The Labute approximate surface area is 95.3 Å². The molecule has 0 atom stereocenters. The Balaban J connectivity index is 1.78. The maximum atomic E-state index is 7.28. The van der Waals surface area contributed by atoms with Crippen molar-refractivity contribution in [3.8, 4) is 0 Å². The number of nitrogens with zero attached hydrogens (tertiary/aromatic N) is 1. The van der Waals surface area contributed by atoms with Crippen molar-refractivity contribution in [1.82, 2.24) is 4.98 Å². The number of amidine groups is 1. The number of ether oxygens (including phenoxy) is 1. The van der Waals surface area contributed by atoms with Crippen molar-refractivity contribution in [2.75, 3.05) is 6.61 Å². The Hall–Kier alpha value is -1.42. The lowest BCUT2D eigenvalue weighted by Gasteiger charge is -2.05. The molecule has 1 aliphatic carbocycles. The third-order valence-electron chi connectivity index (χ3n) is 2.74. The zero-order valence-electron chi connectivity index (χ0n) is 9.28. The van der Waals surface area contributed by atoms with E-state index in [1.807, 2.05) is 6.07 Å². The van der Waals surface area contributed by atoms with Crippen molar-refractivity contribution in [3.05, 3.63) is 29.6 Å². The molecule has 1 aromatic rings. The van der Waals surface area contributed by atoms with E-state index in [4.69, 9.17) is 15.9 Å². The van der Waals surface area contributed by atoms with E-state index in [0.29, 0.717) is 12.3 Å². The second-order valence-corrected chi connectivity index (χ2v) is 4.25. The number of nitrogens with one attached hydrogen (secondary N) is 1. The second kappa shape index (κ2) is 5.07. The zero-order chi connectivity index (χ0) is 11.4. The minimum Gasteiger partial charge on any atom is -0.382 e. The molecule has 0 spiro atoms. The van der Waals surface area contributed by atoms with Crippen molar-refractivity contribution in [3.63, 3.8) is 0 Å². The second-order valence-electron chi connectivity index (χ2n) is 4.25. The van der Waals surface area contributed by atoms with E-state index in [1.54, 1.807) is 12.3 Å². The first kappa shape index (κ1) is 11.1. The van der Waals surface area contributed by atoms with Gasteiger partial charge in [0.1, 0.15) is 11.5 Å². The maximum Gasteiger partial charge on any atom is 0.141 e. The van der Waals surface area contributed by atoms with Crippen molar-refractivity contribution >= 4 is 5.84 Å². The molecular formula is C12H17N3O. The summed E-state index contributed by atoms with van der Waals surface area (Å²) in [5, 5.41) is 7.28. The molecule has 0 aromatic carbocycles. The summed E-state index contributed by atoms with van der Waals surface area (Å²) in [7, 11) is 0. The highest BCUT2D eigenvalue weighted by Crippen LogP contribution is 2.32. The minimum absolute atomic E-state index is 0.000157. The molecule has 0 bridgehead atoms. The van der Waals surface area contributed by atoms with Crippen LogP contribution >= 0.6 is 0 Å². The zero-order valence-corrected chi connectivity index (χ0v) is 9.28. The molecule has 0 radical (unpaired) electrons. The van der Waals surface area contributed by atoms with Crippen LogP contribution in [-0.2, 0) is 11.3 Å². The largest absolute Gasteiger partial charge is 0.382 e. The van der Waals surface area contributed by atoms with Gasteiger partial charge >= 0.3 is 0 Å². The Kier molecular flexibility index (Phi) is 3.51. The SMILES string of the molecule is N=C(N)c1cc(COCCC2CC2)ccn1. The first-order valence-corrected chi connectivity index (χ1v) is 5.63. The molecular weight excluding hydrogens is 202 g/mol. The molecule has 86 valence electrons. The fourth-order valence-electron chi connectivity index (χ4n) is 1.56. The molecule has 1 heterocycles. The molecule has 1 saturated carbocycles. The average molecular weight is 219 g/mol. The molecule has 1 aliphatic rings. The van der Waals surface area contributed by atoms with E-state index in [-0.39, 0.29) is 5.84 Å². The van der Waals surface area contributed by atoms with Gasteiger partial charge in [-0.2, -0.15) is 0 Å². The molecule has 2 rings (SSSR count). The van der Waals surface area contributed by atoms with Crippen molar-refractivity contribution in [2.45, 2.75) is 25.9 Å². The smallest absolute Gasteiger partial charge is 0.141 e. The molecule has 0 aliphatic heterocycles. The van der Waals surface area contributed by atoms with Crippen LogP contribution in [0.5, 0.6) is 0 Å². The number of aromatic nitrogens is 1. The predicted molar refractivity (Wildman–Crippen MR) is 62.3 cm³/mol. The third kappa shape index (κ3) is 3.31. The lowest BCUT2D eigenvalue weighted by molar-refractivity contribution is 0.115.